The van der Waals surface area contributed by atoms with Gasteiger partial charge in [0.1, 0.15) is 0 Å². The Morgan fingerprint density at radius 2 is 1.92 bits per heavy atom. The van der Waals surface area contributed by atoms with Crippen molar-refractivity contribution in [2.24, 2.45) is 5.73 Å². The van der Waals surface area contributed by atoms with Crippen molar-refractivity contribution in [1.82, 2.24) is 15.1 Å². The van der Waals surface area contributed by atoms with Gasteiger partial charge in [-0.3, -0.25) is 9.48 Å². The summed E-state index contributed by atoms with van der Waals surface area (Å²) in [6.45, 7) is 4.36. The Morgan fingerprint density at radius 3 is 2.58 bits per heavy atom. The van der Waals surface area contributed by atoms with Gasteiger partial charge in [0.2, 0.25) is 0 Å². The van der Waals surface area contributed by atoms with E-state index in [1.54, 1.807) is 0 Å². The second-order valence-electron chi connectivity index (χ2n) is 6.88. The quantitative estimate of drug-likeness (QED) is 0.828. The molecule has 1 aliphatic rings. The average Bonchev–Trinajstić information content (AvgIpc) is 2.86. The van der Waals surface area contributed by atoms with Crippen molar-refractivity contribution in [1.29, 1.82) is 0 Å². The maximum absolute atomic E-state index is 12.7. The third-order valence-corrected chi connectivity index (χ3v) is 5.36. The van der Waals surface area contributed by atoms with E-state index in [4.69, 9.17) is 17.3 Å². The minimum atomic E-state index is -0.0409. The maximum Gasteiger partial charge on any atom is 0.255 e. The fourth-order valence-corrected chi connectivity index (χ4v) is 3.68. The van der Waals surface area contributed by atoms with E-state index in [2.05, 4.69) is 10.4 Å². The summed E-state index contributed by atoms with van der Waals surface area (Å²) >= 11 is 6.25. The van der Waals surface area contributed by atoms with Crippen LogP contribution in [0.1, 0.15) is 53.0 Å². The molecule has 26 heavy (non-hydrogen) atoms. The molecular formula is C19H26Cl2N4O. The van der Waals surface area contributed by atoms with Gasteiger partial charge in [0, 0.05) is 22.8 Å². The number of hydrogen-bond donors (Lipinski definition) is 2. The molecule has 0 bridgehead atoms. The molecule has 0 saturated heterocycles. The Labute approximate surface area is 165 Å². The molecule has 2 aromatic rings. The fourth-order valence-electron chi connectivity index (χ4n) is 3.49. The number of nitrogens with two attached hydrogens (primary N) is 1. The number of nitrogens with zero attached hydrogens (tertiary/aromatic N) is 2. The first kappa shape index (κ1) is 20.7. The molecule has 0 radical (unpaired) electrons. The molecule has 3 rings (SSSR count). The van der Waals surface area contributed by atoms with Crippen molar-refractivity contribution >= 4 is 29.9 Å². The zero-order valence-corrected chi connectivity index (χ0v) is 16.7. The predicted octanol–water partition coefficient (Wildman–Crippen LogP) is 3.62. The molecule has 5 nitrogen and oxygen atoms in total. The number of halogens is 2. The topological polar surface area (TPSA) is 72.9 Å². The number of benzene rings is 1. The number of aryl methyl sites for hydroxylation is 1. The molecular weight excluding hydrogens is 371 g/mol. The van der Waals surface area contributed by atoms with E-state index >= 15 is 0 Å². The lowest BCUT2D eigenvalue weighted by molar-refractivity contribution is 0.0924. The highest BCUT2D eigenvalue weighted by molar-refractivity contribution is 6.31. The number of carbonyl (C=O) groups excluding carboxylic acids is 1. The molecule has 0 spiro atoms. The van der Waals surface area contributed by atoms with Crippen molar-refractivity contribution in [2.75, 3.05) is 0 Å². The largest absolute Gasteiger partial charge is 0.349 e. The van der Waals surface area contributed by atoms with Crippen LogP contribution in [0.2, 0.25) is 5.02 Å². The summed E-state index contributed by atoms with van der Waals surface area (Å²) in [6, 6.07) is 8.18. The Bertz CT molecular complexity index is 767. The molecule has 1 aliphatic carbocycles. The van der Waals surface area contributed by atoms with Gasteiger partial charge < -0.3 is 11.1 Å². The highest BCUT2D eigenvalue weighted by Crippen LogP contribution is 2.21. The van der Waals surface area contributed by atoms with Crippen molar-refractivity contribution in [3.63, 3.8) is 0 Å². The van der Waals surface area contributed by atoms with Crippen molar-refractivity contribution in [2.45, 2.75) is 58.2 Å². The highest BCUT2D eigenvalue weighted by atomic mass is 35.5. The summed E-state index contributed by atoms with van der Waals surface area (Å²) in [5.41, 5.74) is 9.20. The molecule has 1 aromatic carbocycles. The van der Waals surface area contributed by atoms with Crippen LogP contribution in [0.25, 0.3) is 0 Å². The second kappa shape index (κ2) is 8.89. The average molecular weight is 397 g/mol. The van der Waals surface area contributed by atoms with Crippen molar-refractivity contribution < 1.29 is 4.79 Å². The first-order valence-corrected chi connectivity index (χ1v) is 9.17. The smallest absolute Gasteiger partial charge is 0.255 e. The number of aromatic nitrogens is 2. The lowest BCUT2D eigenvalue weighted by Crippen LogP contribution is -2.40. The lowest BCUT2D eigenvalue weighted by Gasteiger charge is -2.26. The van der Waals surface area contributed by atoms with Crippen LogP contribution in [0, 0.1) is 13.8 Å². The normalized spacial score (nSPS) is 19.7. The summed E-state index contributed by atoms with van der Waals surface area (Å²) in [5.74, 6) is -0.0409. The molecule has 0 aliphatic heterocycles. The van der Waals surface area contributed by atoms with Crippen molar-refractivity contribution in [3.05, 3.63) is 51.8 Å². The van der Waals surface area contributed by atoms with E-state index < -0.39 is 0 Å². The van der Waals surface area contributed by atoms with Crippen LogP contribution in [0.5, 0.6) is 0 Å². The van der Waals surface area contributed by atoms with Gasteiger partial charge in [-0.15, -0.1) is 12.4 Å². The first-order chi connectivity index (χ1) is 12.0. The third-order valence-electron chi connectivity index (χ3n) is 4.99. The Kier molecular flexibility index (Phi) is 7.09. The molecule has 0 unspecified atom stereocenters. The molecule has 1 fully saturated rings. The van der Waals surface area contributed by atoms with Crippen LogP contribution >= 0.6 is 24.0 Å². The molecule has 1 heterocycles. The lowest BCUT2D eigenvalue weighted by atomic mass is 9.91. The van der Waals surface area contributed by atoms with Crippen LogP contribution in [0.15, 0.2) is 24.3 Å². The van der Waals surface area contributed by atoms with Gasteiger partial charge in [-0.1, -0.05) is 29.8 Å². The SMILES string of the molecule is Cc1nn(Cc2ccccc2Cl)c(C)c1C(=O)NC1CCC(N)CC1.Cl. The molecule has 1 amide bonds. The maximum atomic E-state index is 12.7. The van der Waals surface area contributed by atoms with Crippen LogP contribution < -0.4 is 11.1 Å². The first-order valence-electron chi connectivity index (χ1n) is 8.79. The summed E-state index contributed by atoms with van der Waals surface area (Å²) in [7, 11) is 0. The van der Waals surface area contributed by atoms with Crippen LogP contribution in [-0.2, 0) is 6.54 Å². The molecule has 3 N–H and O–H groups in total. The van der Waals surface area contributed by atoms with Gasteiger partial charge >= 0.3 is 0 Å². The summed E-state index contributed by atoms with van der Waals surface area (Å²) < 4.78 is 1.85. The van der Waals surface area contributed by atoms with E-state index in [9.17, 15) is 4.79 Å². The Balaban J connectivity index is 0.00000243. The number of nitrogens with one attached hydrogen (secondary N) is 1. The van der Waals surface area contributed by atoms with Gasteiger partial charge in [0.25, 0.3) is 5.91 Å². The zero-order chi connectivity index (χ0) is 18.0. The van der Waals surface area contributed by atoms with Crippen LogP contribution in [0.3, 0.4) is 0 Å². The fraction of sp³-hybridized carbons (Fsp3) is 0.474. The van der Waals surface area contributed by atoms with Gasteiger partial charge in [0.05, 0.1) is 17.8 Å². The summed E-state index contributed by atoms with van der Waals surface area (Å²) in [5, 5.41) is 8.41. The van der Waals surface area contributed by atoms with Gasteiger partial charge in [0.15, 0.2) is 0 Å². The van der Waals surface area contributed by atoms with E-state index in [0.717, 1.165) is 42.6 Å². The molecule has 142 valence electrons. The Morgan fingerprint density at radius 1 is 1.27 bits per heavy atom. The number of rotatable bonds is 4. The van der Waals surface area contributed by atoms with Gasteiger partial charge in [-0.05, 0) is 51.2 Å². The number of amides is 1. The second-order valence-corrected chi connectivity index (χ2v) is 7.29. The zero-order valence-electron chi connectivity index (χ0n) is 15.2. The summed E-state index contributed by atoms with van der Waals surface area (Å²) in [4.78, 5) is 12.7. The van der Waals surface area contributed by atoms with E-state index in [1.807, 2.05) is 42.8 Å². The minimum absolute atomic E-state index is 0. The van der Waals surface area contributed by atoms with Crippen molar-refractivity contribution in [3.8, 4) is 0 Å². The number of carbonyl (C=O) groups is 1. The van der Waals surface area contributed by atoms with E-state index in [-0.39, 0.29) is 30.4 Å². The predicted molar refractivity (Wildman–Crippen MR) is 107 cm³/mol. The molecule has 7 heteroatoms. The van der Waals surface area contributed by atoms with Gasteiger partial charge in [-0.2, -0.15) is 5.10 Å². The monoisotopic (exact) mass is 396 g/mol. The molecule has 1 aromatic heterocycles. The number of hydrogen-bond acceptors (Lipinski definition) is 3. The highest BCUT2D eigenvalue weighted by Gasteiger charge is 2.24. The Hall–Kier alpha value is -1.56. The minimum Gasteiger partial charge on any atom is -0.349 e. The molecule has 1 saturated carbocycles. The van der Waals surface area contributed by atoms with Crippen LogP contribution in [-0.4, -0.2) is 27.8 Å². The standard InChI is InChI=1S/C19H25ClN4O.ClH/c1-12-18(19(25)22-16-9-7-15(21)8-10-16)13(2)24(23-12)11-14-5-3-4-6-17(14)20;/h3-6,15-16H,7-11,21H2,1-2H3,(H,22,25);1H. The van der Waals surface area contributed by atoms with E-state index in [1.165, 1.54) is 0 Å². The van der Waals surface area contributed by atoms with Gasteiger partial charge in [-0.25, -0.2) is 0 Å². The van der Waals surface area contributed by atoms with E-state index in [0.29, 0.717) is 17.1 Å². The molecule has 0 atom stereocenters. The van der Waals surface area contributed by atoms with Crippen LogP contribution in [0.4, 0.5) is 0 Å². The third kappa shape index (κ3) is 4.58. The summed E-state index contributed by atoms with van der Waals surface area (Å²) in [6.07, 6.45) is 3.82.